The summed E-state index contributed by atoms with van der Waals surface area (Å²) in [5, 5.41) is 15.5. The van der Waals surface area contributed by atoms with Gasteiger partial charge in [-0.25, -0.2) is 0 Å². The summed E-state index contributed by atoms with van der Waals surface area (Å²) in [6.45, 7) is 7.17. The molecule has 1 aromatic heterocycles. The lowest BCUT2D eigenvalue weighted by Gasteiger charge is -2.18. The van der Waals surface area contributed by atoms with Crippen molar-refractivity contribution in [3.8, 4) is 11.5 Å². The average molecular weight is 393 g/mol. The molecular weight excluding hydrogens is 368 g/mol. The Kier molecular flexibility index (Phi) is 6.54. The number of pyridine rings is 1. The lowest BCUT2D eigenvalue weighted by Crippen LogP contribution is -2.37. The number of hydrogen-bond donors (Lipinski definition) is 1. The molecule has 0 radical (unpaired) electrons. The van der Waals surface area contributed by atoms with E-state index in [1.807, 2.05) is 26.0 Å². The quantitative estimate of drug-likeness (QED) is 0.596. The zero-order chi connectivity index (χ0) is 20.3. The molecule has 0 saturated heterocycles. The Morgan fingerprint density at radius 3 is 2.11 bits per heavy atom. The highest BCUT2D eigenvalue weighted by Crippen LogP contribution is 2.33. The fourth-order valence-corrected chi connectivity index (χ4v) is 3.56. The van der Waals surface area contributed by atoms with Gasteiger partial charge in [-0.2, -0.15) is 4.73 Å². The molecule has 2 aromatic rings. The van der Waals surface area contributed by atoms with Crippen LogP contribution in [0.25, 0.3) is 0 Å². The highest BCUT2D eigenvalue weighted by molar-refractivity contribution is 6.36. The SMILES string of the molecule is CCc1cc(OC)cc(CC)c1NC(=O)c1c(Cl)c(OC)c(C)[n+]([O-])c1C. The van der Waals surface area contributed by atoms with Crippen molar-refractivity contribution in [3.63, 3.8) is 0 Å². The molecule has 0 aliphatic carbocycles. The topological polar surface area (TPSA) is 74.5 Å². The molecule has 146 valence electrons. The molecule has 0 fully saturated rings. The minimum absolute atomic E-state index is 0.106. The lowest BCUT2D eigenvalue weighted by molar-refractivity contribution is -0.619. The number of ether oxygens (including phenoxy) is 2. The fraction of sp³-hybridized carbons (Fsp3) is 0.400. The van der Waals surface area contributed by atoms with Crippen LogP contribution in [0.15, 0.2) is 12.1 Å². The van der Waals surface area contributed by atoms with Gasteiger partial charge in [0.25, 0.3) is 5.91 Å². The van der Waals surface area contributed by atoms with Gasteiger partial charge < -0.3 is 20.0 Å². The first-order valence-corrected chi connectivity index (χ1v) is 9.15. The van der Waals surface area contributed by atoms with Gasteiger partial charge in [0.2, 0.25) is 17.1 Å². The van der Waals surface area contributed by atoms with E-state index in [0.29, 0.717) is 23.3 Å². The van der Waals surface area contributed by atoms with E-state index in [1.54, 1.807) is 21.0 Å². The van der Waals surface area contributed by atoms with Crippen LogP contribution in [0.1, 0.15) is 46.7 Å². The van der Waals surface area contributed by atoms with Gasteiger partial charge in [0.05, 0.1) is 14.2 Å². The maximum Gasteiger partial charge on any atom is 0.263 e. The Hall–Kier alpha value is -2.47. The Balaban J connectivity index is 2.58. The van der Waals surface area contributed by atoms with Crippen LogP contribution in [-0.4, -0.2) is 20.1 Å². The number of hydrogen-bond acceptors (Lipinski definition) is 4. The largest absolute Gasteiger partial charge is 0.618 e. The molecule has 1 heterocycles. The Morgan fingerprint density at radius 2 is 1.67 bits per heavy atom. The molecule has 0 spiro atoms. The monoisotopic (exact) mass is 392 g/mol. The zero-order valence-corrected chi connectivity index (χ0v) is 17.3. The summed E-state index contributed by atoms with van der Waals surface area (Å²) < 4.78 is 11.2. The molecule has 0 unspecified atom stereocenters. The molecule has 0 atom stereocenters. The first kappa shape index (κ1) is 20.8. The van der Waals surface area contributed by atoms with Crippen molar-refractivity contribution in [1.29, 1.82) is 0 Å². The minimum atomic E-state index is -0.449. The Bertz CT molecular complexity index is 856. The van der Waals surface area contributed by atoms with Gasteiger partial charge in [-0.3, -0.25) is 4.79 Å². The Labute approximate surface area is 164 Å². The number of nitrogens with zero attached hydrogens (tertiary/aromatic N) is 1. The number of amides is 1. The van der Waals surface area contributed by atoms with Crippen LogP contribution in [0.2, 0.25) is 5.02 Å². The van der Waals surface area contributed by atoms with Crippen molar-refractivity contribution < 1.29 is 19.0 Å². The zero-order valence-electron chi connectivity index (χ0n) is 16.5. The molecule has 1 amide bonds. The van der Waals surface area contributed by atoms with E-state index in [1.165, 1.54) is 7.11 Å². The first-order chi connectivity index (χ1) is 12.8. The molecule has 1 aromatic carbocycles. The van der Waals surface area contributed by atoms with Gasteiger partial charge >= 0.3 is 0 Å². The highest BCUT2D eigenvalue weighted by Gasteiger charge is 2.28. The van der Waals surface area contributed by atoms with E-state index in [2.05, 4.69) is 5.32 Å². The summed E-state index contributed by atoms with van der Waals surface area (Å²) >= 11 is 6.39. The highest BCUT2D eigenvalue weighted by atomic mass is 35.5. The average Bonchev–Trinajstić information content (AvgIpc) is 2.66. The van der Waals surface area contributed by atoms with Crippen molar-refractivity contribution in [2.45, 2.75) is 40.5 Å². The second kappa shape index (κ2) is 8.48. The van der Waals surface area contributed by atoms with Crippen molar-refractivity contribution >= 4 is 23.2 Å². The third-order valence-corrected chi connectivity index (χ3v) is 5.02. The molecule has 0 bridgehead atoms. The van der Waals surface area contributed by atoms with E-state index in [9.17, 15) is 10.0 Å². The molecule has 6 nitrogen and oxygen atoms in total. The molecule has 0 aliphatic heterocycles. The van der Waals surface area contributed by atoms with Crippen LogP contribution >= 0.6 is 11.6 Å². The van der Waals surface area contributed by atoms with Gasteiger partial charge in [0, 0.05) is 19.5 Å². The second-order valence-corrected chi connectivity index (χ2v) is 6.55. The van der Waals surface area contributed by atoms with Crippen LogP contribution in [-0.2, 0) is 12.8 Å². The fourth-order valence-electron chi connectivity index (χ4n) is 3.13. The number of aryl methyl sites for hydroxylation is 2. The van der Waals surface area contributed by atoms with Crippen molar-refractivity contribution in [2.24, 2.45) is 0 Å². The lowest BCUT2D eigenvalue weighted by atomic mass is 10.0. The van der Waals surface area contributed by atoms with Gasteiger partial charge in [0.1, 0.15) is 16.3 Å². The van der Waals surface area contributed by atoms with Gasteiger partial charge in [0.15, 0.2) is 0 Å². The van der Waals surface area contributed by atoms with E-state index < -0.39 is 5.91 Å². The predicted molar refractivity (Wildman–Crippen MR) is 106 cm³/mol. The number of carbonyl (C=O) groups is 1. The summed E-state index contributed by atoms with van der Waals surface area (Å²) in [4.78, 5) is 13.0. The van der Waals surface area contributed by atoms with Gasteiger partial charge in [-0.05, 0) is 36.1 Å². The third-order valence-electron chi connectivity index (χ3n) is 4.66. The predicted octanol–water partition coefficient (Wildman–Crippen LogP) is 3.98. The number of nitrogens with one attached hydrogen (secondary N) is 1. The van der Waals surface area contributed by atoms with Crippen LogP contribution in [0.4, 0.5) is 5.69 Å². The summed E-state index contributed by atoms with van der Waals surface area (Å²) in [6, 6.07) is 3.79. The summed E-state index contributed by atoms with van der Waals surface area (Å²) in [7, 11) is 3.03. The number of halogens is 1. The summed E-state index contributed by atoms with van der Waals surface area (Å²) in [5.74, 6) is 0.490. The molecule has 1 N–H and O–H groups in total. The molecule has 2 rings (SSSR count). The molecule has 0 aliphatic rings. The van der Waals surface area contributed by atoms with Crippen LogP contribution in [0, 0.1) is 19.1 Å². The summed E-state index contributed by atoms with van der Waals surface area (Å²) in [6.07, 6.45) is 1.43. The molecule has 7 heteroatoms. The number of rotatable bonds is 6. The van der Waals surface area contributed by atoms with E-state index >= 15 is 0 Å². The van der Waals surface area contributed by atoms with E-state index in [4.69, 9.17) is 21.1 Å². The maximum atomic E-state index is 13.0. The Morgan fingerprint density at radius 1 is 1.11 bits per heavy atom. The van der Waals surface area contributed by atoms with Crippen molar-refractivity contribution in [2.75, 3.05) is 19.5 Å². The summed E-state index contributed by atoms with van der Waals surface area (Å²) in [5.41, 5.74) is 3.25. The normalized spacial score (nSPS) is 10.6. The minimum Gasteiger partial charge on any atom is -0.618 e. The number of methoxy groups -OCH3 is 2. The van der Waals surface area contributed by atoms with Crippen LogP contribution in [0.3, 0.4) is 0 Å². The van der Waals surface area contributed by atoms with Crippen LogP contribution in [0.5, 0.6) is 11.5 Å². The van der Waals surface area contributed by atoms with Gasteiger partial charge in [-0.1, -0.05) is 25.4 Å². The van der Waals surface area contributed by atoms with Crippen molar-refractivity contribution in [1.82, 2.24) is 0 Å². The van der Waals surface area contributed by atoms with E-state index in [-0.39, 0.29) is 22.0 Å². The third kappa shape index (κ3) is 3.81. The smallest absolute Gasteiger partial charge is 0.263 e. The van der Waals surface area contributed by atoms with E-state index in [0.717, 1.165) is 22.6 Å². The molecule has 0 saturated carbocycles. The van der Waals surface area contributed by atoms with Gasteiger partial charge in [-0.15, -0.1) is 0 Å². The molecule has 27 heavy (non-hydrogen) atoms. The van der Waals surface area contributed by atoms with Crippen LogP contribution < -0.4 is 19.5 Å². The number of carbonyl (C=O) groups excluding carboxylic acids is 1. The standard InChI is InChI=1S/C20H25ClN2O4/c1-7-13-9-15(26-5)10-14(8-2)18(13)22-20(24)16-11(3)23(25)12(4)19(27-6)17(16)21/h9-10H,7-8H2,1-6H3,(H,22,24). The number of benzene rings is 1. The van der Waals surface area contributed by atoms with Crippen molar-refractivity contribution in [3.05, 3.63) is 50.4 Å². The molecular formula is C20H25ClN2O4. The maximum absolute atomic E-state index is 13.0. The first-order valence-electron chi connectivity index (χ1n) is 8.77. The number of anilines is 1. The number of aromatic nitrogens is 1. The second-order valence-electron chi connectivity index (χ2n) is 6.17.